The molecule has 3 rings (SSSR count). The first-order valence-electron chi connectivity index (χ1n) is 8.64. The molecule has 2 N–H and O–H groups in total. The van der Waals surface area contributed by atoms with Crippen LogP contribution in [0.2, 0.25) is 0 Å². The average molecular weight is 344 g/mol. The topological polar surface area (TPSA) is 77.4 Å². The number of amides is 2. The highest BCUT2D eigenvalue weighted by molar-refractivity contribution is 5.99. The minimum atomic E-state index is -0.297. The van der Waals surface area contributed by atoms with Crippen LogP contribution < -0.4 is 15.4 Å². The molecule has 1 saturated heterocycles. The molecule has 0 atom stereocenters. The number of aromatic nitrogens is 2. The van der Waals surface area contributed by atoms with Crippen LogP contribution >= 0.6 is 0 Å². The maximum absolute atomic E-state index is 12.1. The van der Waals surface area contributed by atoms with E-state index in [2.05, 4.69) is 15.7 Å². The largest absolute Gasteiger partial charge is 0.494 e. The molecular weight excluding hydrogens is 320 g/mol. The molecular formula is C18H24N4O3. The van der Waals surface area contributed by atoms with E-state index < -0.39 is 0 Å². The van der Waals surface area contributed by atoms with Crippen molar-refractivity contribution in [1.82, 2.24) is 9.78 Å². The van der Waals surface area contributed by atoms with Crippen LogP contribution in [0.15, 0.2) is 36.7 Å². The Morgan fingerprint density at radius 1 is 1.24 bits per heavy atom. The molecule has 2 amide bonds. The summed E-state index contributed by atoms with van der Waals surface area (Å²) < 4.78 is 12.6. The van der Waals surface area contributed by atoms with Crippen molar-refractivity contribution in [3.05, 3.63) is 36.7 Å². The Bertz CT molecular complexity index is 678. The van der Waals surface area contributed by atoms with Crippen LogP contribution in [0.25, 0.3) is 0 Å². The second-order valence-electron chi connectivity index (χ2n) is 6.04. The van der Waals surface area contributed by atoms with Gasteiger partial charge in [-0.2, -0.15) is 5.10 Å². The third kappa shape index (κ3) is 5.22. The second-order valence-corrected chi connectivity index (χ2v) is 6.04. The lowest BCUT2D eigenvalue weighted by Gasteiger charge is -2.21. The normalized spacial score (nSPS) is 14.9. The van der Waals surface area contributed by atoms with E-state index in [-0.39, 0.29) is 6.03 Å². The van der Waals surface area contributed by atoms with E-state index in [9.17, 15) is 4.79 Å². The molecule has 0 bridgehead atoms. The first-order valence-corrected chi connectivity index (χ1v) is 8.64. The number of ether oxygens (including phenoxy) is 2. The average Bonchev–Trinajstić information content (AvgIpc) is 3.04. The molecule has 2 aromatic rings. The molecule has 0 saturated carbocycles. The summed E-state index contributed by atoms with van der Waals surface area (Å²) in [4.78, 5) is 12.1. The number of urea groups is 1. The molecule has 1 fully saturated rings. The van der Waals surface area contributed by atoms with Crippen LogP contribution in [0.5, 0.6) is 5.75 Å². The van der Waals surface area contributed by atoms with Crippen molar-refractivity contribution in [1.29, 1.82) is 0 Å². The zero-order valence-corrected chi connectivity index (χ0v) is 14.4. The fourth-order valence-corrected chi connectivity index (χ4v) is 2.82. The number of benzene rings is 1. The number of nitrogens with one attached hydrogen (secondary N) is 2. The SMILES string of the molecule is CCOc1ccc(NC(=O)Nc2cnn(CC3CCOCC3)c2)cc1. The van der Waals surface area contributed by atoms with Crippen LogP contribution in [0.3, 0.4) is 0 Å². The van der Waals surface area contributed by atoms with E-state index in [4.69, 9.17) is 9.47 Å². The van der Waals surface area contributed by atoms with Gasteiger partial charge in [-0.25, -0.2) is 4.79 Å². The van der Waals surface area contributed by atoms with Crippen LogP contribution in [-0.4, -0.2) is 35.6 Å². The number of rotatable bonds is 6. The number of hydrogen-bond donors (Lipinski definition) is 2. The highest BCUT2D eigenvalue weighted by Crippen LogP contribution is 2.18. The Hall–Kier alpha value is -2.54. The Labute approximate surface area is 147 Å². The summed E-state index contributed by atoms with van der Waals surface area (Å²) in [6.45, 7) is 5.04. The molecule has 0 unspecified atom stereocenters. The monoisotopic (exact) mass is 344 g/mol. The van der Waals surface area contributed by atoms with E-state index in [0.29, 0.717) is 23.9 Å². The van der Waals surface area contributed by atoms with Gasteiger partial charge in [0.05, 0.1) is 18.5 Å². The predicted octanol–water partition coefficient (Wildman–Crippen LogP) is 3.35. The summed E-state index contributed by atoms with van der Waals surface area (Å²) in [6, 6.07) is 6.96. The van der Waals surface area contributed by atoms with Gasteiger partial charge in [-0.1, -0.05) is 0 Å². The summed E-state index contributed by atoms with van der Waals surface area (Å²) in [6.07, 6.45) is 5.63. The molecule has 134 valence electrons. The summed E-state index contributed by atoms with van der Waals surface area (Å²) in [5.74, 6) is 1.36. The Morgan fingerprint density at radius 2 is 1.96 bits per heavy atom. The van der Waals surface area contributed by atoms with Gasteiger partial charge in [0.15, 0.2) is 0 Å². The zero-order valence-electron chi connectivity index (χ0n) is 14.4. The minimum absolute atomic E-state index is 0.297. The smallest absolute Gasteiger partial charge is 0.323 e. The van der Waals surface area contributed by atoms with Gasteiger partial charge < -0.3 is 20.1 Å². The first kappa shape index (κ1) is 17.3. The Morgan fingerprint density at radius 3 is 2.68 bits per heavy atom. The summed E-state index contributed by atoms with van der Waals surface area (Å²) in [7, 11) is 0. The third-order valence-corrected chi connectivity index (χ3v) is 4.10. The number of nitrogens with zero attached hydrogens (tertiary/aromatic N) is 2. The molecule has 7 heteroatoms. The number of carbonyl (C=O) groups is 1. The van der Waals surface area contributed by atoms with E-state index in [1.54, 1.807) is 18.3 Å². The van der Waals surface area contributed by atoms with E-state index in [1.165, 1.54) is 0 Å². The van der Waals surface area contributed by atoms with Crippen LogP contribution in [0.1, 0.15) is 19.8 Å². The van der Waals surface area contributed by atoms with Crippen molar-refractivity contribution in [2.45, 2.75) is 26.3 Å². The van der Waals surface area contributed by atoms with E-state index in [1.807, 2.05) is 29.9 Å². The standard InChI is InChI=1S/C18H24N4O3/c1-2-25-17-5-3-15(4-6-17)20-18(23)21-16-11-19-22(13-16)12-14-7-9-24-10-8-14/h3-6,11,13-14H,2,7-10,12H2,1H3,(H2,20,21,23). The molecule has 25 heavy (non-hydrogen) atoms. The van der Waals surface area contributed by atoms with Gasteiger partial charge >= 0.3 is 6.03 Å². The molecule has 1 aromatic carbocycles. The van der Waals surface area contributed by atoms with Crippen LogP contribution in [-0.2, 0) is 11.3 Å². The van der Waals surface area contributed by atoms with Gasteiger partial charge in [-0.15, -0.1) is 0 Å². The maximum atomic E-state index is 12.1. The van der Waals surface area contributed by atoms with Gasteiger partial charge in [0.25, 0.3) is 0 Å². The van der Waals surface area contributed by atoms with Gasteiger partial charge in [0.1, 0.15) is 5.75 Å². The highest BCUT2D eigenvalue weighted by atomic mass is 16.5. The van der Waals surface area contributed by atoms with Crippen LogP contribution in [0, 0.1) is 5.92 Å². The lowest BCUT2D eigenvalue weighted by atomic mass is 10.0. The number of carbonyl (C=O) groups excluding carboxylic acids is 1. The van der Waals surface area contributed by atoms with Crippen molar-refractivity contribution < 1.29 is 14.3 Å². The fourth-order valence-electron chi connectivity index (χ4n) is 2.82. The molecule has 2 heterocycles. The van der Waals surface area contributed by atoms with E-state index in [0.717, 1.165) is 38.3 Å². The molecule has 0 radical (unpaired) electrons. The lowest BCUT2D eigenvalue weighted by molar-refractivity contribution is 0.0601. The Balaban J connectivity index is 1.49. The highest BCUT2D eigenvalue weighted by Gasteiger charge is 2.15. The summed E-state index contributed by atoms with van der Waals surface area (Å²) >= 11 is 0. The molecule has 1 aromatic heterocycles. The van der Waals surface area contributed by atoms with Gasteiger partial charge in [0.2, 0.25) is 0 Å². The van der Waals surface area contributed by atoms with Gasteiger partial charge in [0, 0.05) is 31.6 Å². The van der Waals surface area contributed by atoms with Crippen molar-refractivity contribution in [2.24, 2.45) is 5.92 Å². The van der Waals surface area contributed by atoms with E-state index >= 15 is 0 Å². The summed E-state index contributed by atoms with van der Waals surface area (Å²) in [5.41, 5.74) is 1.38. The predicted molar refractivity (Wildman–Crippen MR) is 96.0 cm³/mol. The minimum Gasteiger partial charge on any atom is -0.494 e. The van der Waals surface area contributed by atoms with Gasteiger partial charge in [-0.05, 0) is 49.9 Å². The zero-order chi connectivity index (χ0) is 17.5. The van der Waals surface area contributed by atoms with Crippen molar-refractivity contribution >= 4 is 17.4 Å². The lowest BCUT2D eigenvalue weighted by Crippen LogP contribution is -2.21. The quantitative estimate of drug-likeness (QED) is 0.842. The first-order chi connectivity index (χ1) is 12.2. The summed E-state index contributed by atoms with van der Waals surface area (Å²) in [5, 5.41) is 9.91. The van der Waals surface area contributed by atoms with Crippen molar-refractivity contribution in [3.63, 3.8) is 0 Å². The number of anilines is 2. The van der Waals surface area contributed by atoms with Crippen molar-refractivity contribution in [2.75, 3.05) is 30.5 Å². The Kier molecular flexibility index (Phi) is 5.90. The molecule has 7 nitrogen and oxygen atoms in total. The fraction of sp³-hybridized carbons (Fsp3) is 0.444. The van der Waals surface area contributed by atoms with Crippen LogP contribution in [0.4, 0.5) is 16.2 Å². The third-order valence-electron chi connectivity index (χ3n) is 4.10. The molecule has 1 aliphatic heterocycles. The molecule has 1 aliphatic rings. The second kappa shape index (κ2) is 8.53. The van der Waals surface area contributed by atoms with Gasteiger partial charge in [-0.3, -0.25) is 4.68 Å². The maximum Gasteiger partial charge on any atom is 0.323 e. The van der Waals surface area contributed by atoms with Crippen molar-refractivity contribution in [3.8, 4) is 5.75 Å². The number of hydrogen-bond acceptors (Lipinski definition) is 4. The molecule has 0 aliphatic carbocycles. The molecule has 0 spiro atoms.